The van der Waals surface area contributed by atoms with Crippen molar-refractivity contribution in [2.24, 2.45) is 5.92 Å². The Kier molecular flexibility index (Phi) is 4.83. The van der Waals surface area contributed by atoms with Crippen LogP contribution in [0.5, 0.6) is 0 Å². The molecule has 1 heterocycles. The molecule has 1 saturated heterocycles. The lowest BCUT2D eigenvalue weighted by Gasteiger charge is -2.24. The van der Waals surface area contributed by atoms with Crippen LogP contribution >= 0.6 is 0 Å². The third kappa shape index (κ3) is 3.61. The number of fused-ring (bicyclic) bond motifs is 1. The van der Waals surface area contributed by atoms with Crippen molar-refractivity contribution in [2.75, 3.05) is 11.9 Å². The van der Waals surface area contributed by atoms with Gasteiger partial charge in [-0.1, -0.05) is 66.7 Å². The van der Waals surface area contributed by atoms with E-state index in [1.54, 1.807) is 0 Å². The van der Waals surface area contributed by atoms with Crippen molar-refractivity contribution < 1.29 is 9.59 Å². The van der Waals surface area contributed by atoms with E-state index in [4.69, 9.17) is 0 Å². The molecule has 0 spiro atoms. The maximum atomic E-state index is 12.8. The summed E-state index contributed by atoms with van der Waals surface area (Å²) >= 11 is 0. The minimum absolute atomic E-state index is 0.0752. The van der Waals surface area contributed by atoms with Crippen molar-refractivity contribution in [3.8, 4) is 11.1 Å². The molecule has 150 valence electrons. The number of carbonyl (C=O) groups excluding carboxylic acids is 2. The number of nitrogens with zero attached hydrogens (tertiary/aromatic N) is 1. The molecule has 3 aromatic carbocycles. The van der Waals surface area contributed by atoms with Crippen LogP contribution in [0.25, 0.3) is 11.1 Å². The van der Waals surface area contributed by atoms with E-state index in [1.165, 1.54) is 11.1 Å². The summed E-state index contributed by atoms with van der Waals surface area (Å²) in [5.41, 5.74) is 5.66. The SMILES string of the molecule is O=C(Nc1ccc(-c2ccccc2)cc1)C1CC(=O)N(C2Cc3ccccc3C2)C1. The van der Waals surface area contributed by atoms with Crippen molar-refractivity contribution in [1.29, 1.82) is 0 Å². The average Bonchev–Trinajstić information content (AvgIpc) is 3.38. The Morgan fingerprint density at radius 3 is 2.03 bits per heavy atom. The maximum Gasteiger partial charge on any atom is 0.229 e. The molecule has 0 saturated carbocycles. The van der Waals surface area contributed by atoms with E-state index in [0.717, 1.165) is 29.7 Å². The normalized spacial score (nSPS) is 18.5. The van der Waals surface area contributed by atoms with E-state index in [9.17, 15) is 9.59 Å². The van der Waals surface area contributed by atoms with Gasteiger partial charge >= 0.3 is 0 Å². The first-order chi connectivity index (χ1) is 14.7. The molecule has 2 aliphatic rings. The van der Waals surface area contributed by atoms with Gasteiger partial charge in [-0.05, 0) is 47.2 Å². The van der Waals surface area contributed by atoms with Crippen molar-refractivity contribution >= 4 is 17.5 Å². The molecule has 2 amide bonds. The second-order valence-corrected chi connectivity index (χ2v) is 8.21. The molecule has 0 bridgehead atoms. The second-order valence-electron chi connectivity index (χ2n) is 8.21. The summed E-state index contributed by atoms with van der Waals surface area (Å²) in [6.07, 6.45) is 2.06. The fourth-order valence-electron chi connectivity index (χ4n) is 4.64. The summed E-state index contributed by atoms with van der Waals surface area (Å²) in [5, 5.41) is 2.99. The van der Waals surface area contributed by atoms with Gasteiger partial charge in [0.1, 0.15) is 0 Å². The first-order valence-electron chi connectivity index (χ1n) is 10.5. The van der Waals surface area contributed by atoms with Crippen LogP contribution in [0.1, 0.15) is 17.5 Å². The van der Waals surface area contributed by atoms with Crippen LogP contribution in [0.4, 0.5) is 5.69 Å². The molecule has 1 fully saturated rings. The molecule has 4 heteroatoms. The second kappa shape index (κ2) is 7.79. The monoisotopic (exact) mass is 396 g/mol. The average molecular weight is 396 g/mol. The first-order valence-corrected chi connectivity index (χ1v) is 10.5. The van der Waals surface area contributed by atoms with Crippen molar-refractivity contribution in [1.82, 2.24) is 4.90 Å². The van der Waals surface area contributed by atoms with E-state index < -0.39 is 0 Å². The zero-order chi connectivity index (χ0) is 20.5. The van der Waals surface area contributed by atoms with Gasteiger partial charge in [-0.3, -0.25) is 9.59 Å². The number of carbonyl (C=O) groups is 2. The highest BCUT2D eigenvalue weighted by Crippen LogP contribution is 2.30. The fourth-order valence-corrected chi connectivity index (χ4v) is 4.64. The van der Waals surface area contributed by atoms with Gasteiger partial charge in [0, 0.05) is 24.7 Å². The highest BCUT2D eigenvalue weighted by Gasteiger charge is 2.39. The van der Waals surface area contributed by atoms with Gasteiger partial charge in [-0.2, -0.15) is 0 Å². The van der Waals surface area contributed by atoms with Crippen LogP contribution < -0.4 is 5.32 Å². The Bertz CT molecular complexity index is 1050. The molecule has 30 heavy (non-hydrogen) atoms. The Hall–Kier alpha value is -3.40. The summed E-state index contributed by atoms with van der Waals surface area (Å²) in [6, 6.07) is 26.5. The van der Waals surface area contributed by atoms with E-state index >= 15 is 0 Å². The largest absolute Gasteiger partial charge is 0.338 e. The zero-order valence-electron chi connectivity index (χ0n) is 16.8. The standard InChI is InChI=1S/C26H24N2O2/c29-25-16-22(17-28(25)24-14-20-8-4-5-9-21(20)15-24)26(30)27-23-12-10-19(11-13-23)18-6-2-1-3-7-18/h1-13,22,24H,14-17H2,(H,27,30). The maximum absolute atomic E-state index is 12.8. The Labute approximate surface area is 176 Å². The van der Waals surface area contributed by atoms with Crippen molar-refractivity contribution in [3.63, 3.8) is 0 Å². The molecule has 3 aromatic rings. The summed E-state index contributed by atoms with van der Waals surface area (Å²) < 4.78 is 0. The summed E-state index contributed by atoms with van der Waals surface area (Å²) in [5.74, 6) is -0.281. The Morgan fingerprint density at radius 1 is 0.767 bits per heavy atom. The molecule has 0 aromatic heterocycles. The predicted octanol–water partition coefficient (Wildman–Crippen LogP) is 4.31. The quantitative estimate of drug-likeness (QED) is 0.715. The van der Waals surface area contributed by atoms with Crippen molar-refractivity contribution in [2.45, 2.75) is 25.3 Å². The summed E-state index contributed by atoms with van der Waals surface area (Å²) in [4.78, 5) is 27.4. The van der Waals surface area contributed by atoms with Gasteiger partial charge in [0.2, 0.25) is 11.8 Å². The smallest absolute Gasteiger partial charge is 0.229 e. The minimum Gasteiger partial charge on any atom is -0.338 e. The number of anilines is 1. The number of rotatable bonds is 4. The van der Waals surface area contributed by atoms with Gasteiger partial charge in [0.05, 0.1) is 5.92 Å². The number of nitrogens with one attached hydrogen (secondary N) is 1. The lowest BCUT2D eigenvalue weighted by Crippen LogP contribution is -2.38. The van der Waals surface area contributed by atoms with Gasteiger partial charge in [0.15, 0.2) is 0 Å². The van der Waals surface area contributed by atoms with E-state index in [0.29, 0.717) is 13.0 Å². The minimum atomic E-state index is -0.296. The van der Waals surface area contributed by atoms with E-state index in [1.807, 2.05) is 59.5 Å². The van der Waals surface area contributed by atoms with Gasteiger partial charge in [-0.15, -0.1) is 0 Å². The summed E-state index contributed by atoms with van der Waals surface area (Å²) in [6.45, 7) is 0.505. The highest BCUT2D eigenvalue weighted by molar-refractivity contribution is 5.97. The number of likely N-dealkylation sites (tertiary alicyclic amines) is 1. The predicted molar refractivity (Wildman–Crippen MR) is 118 cm³/mol. The van der Waals surface area contributed by atoms with Gasteiger partial charge in [-0.25, -0.2) is 0 Å². The molecule has 0 radical (unpaired) electrons. The first kappa shape index (κ1) is 18.6. The highest BCUT2D eigenvalue weighted by atomic mass is 16.2. The molecule has 1 unspecified atom stereocenters. The van der Waals surface area contributed by atoms with Crippen LogP contribution in [-0.2, 0) is 22.4 Å². The molecule has 5 rings (SSSR count). The fraction of sp³-hybridized carbons (Fsp3) is 0.231. The topological polar surface area (TPSA) is 49.4 Å². The van der Waals surface area contributed by atoms with Crippen LogP contribution in [0.3, 0.4) is 0 Å². The third-order valence-electron chi connectivity index (χ3n) is 6.26. The molecule has 1 aliphatic carbocycles. The number of amides is 2. The molecule has 1 atom stereocenters. The van der Waals surface area contributed by atoms with Crippen molar-refractivity contribution in [3.05, 3.63) is 90.0 Å². The number of hydrogen-bond acceptors (Lipinski definition) is 2. The van der Waals surface area contributed by atoms with Crippen LogP contribution in [-0.4, -0.2) is 29.3 Å². The van der Waals surface area contributed by atoms with Crippen LogP contribution in [0.2, 0.25) is 0 Å². The lowest BCUT2D eigenvalue weighted by molar-refractivity contribution is -0.129. The molecule has 1 N–H and O–H groups in total. The third-order valence-corrected chi connectivity index (χ3v) is 6.26. The van der Waals surface area contributed by atoms with E-state index in [2.05, 4.69) is 29.6 Å². The van der Waals surface area contributed by atoms with Gasteiger partial charge in [0.25, 0.3) is 0 Å². The molecular formula is C26H24N2O2. The number of benzene rings is 3. The van der Waals surface area contributed by atoms with Gasteiger partial charge < -0.3 is 10.2 Å². The zero-order valence-corrected chi connectivity index (χ0v) is 16.8. The van der Waals surface area contributed by atoms with Crippen LogP contribution in [0, 0.1) is 5.92 Å². The molecular weight excluding hydrogens is 372 g/mol. The Balaban J connectivity index is 1.22. The molecule has 1 aliphatic heterocycles. The lowest BCUT2D eigenvalue weighted by atomic mass is 10.0. The number of hydrogen-bond donors (Lipinski definition) is 1. The van der Waals surface area contributed by atoms with Crippen LogP contribution in [0.15, 0.2) is 78.9 Å². The van der Waals surface area contributed by atoms with E-state index in [-0.39, 0.29) is 23.8 Å². The Morgan fingerprint density at radius 2 is 1.37 bits per heavy atom. The molecule has 4 nitrogen and oxygen atoms in total. The summed E-state index contributed by atoms with van der Waals surface area (Å²) in [7, 11) is 0.